The first kappa shape index (κ1) is 40.2. The maximum atomic E-state index is 14.3. The summed E-state index contributed by atoms with van der Waals surface area (Å²) in [5.41, 5.74) is 16.1. The summed E-state index contributed by atoms with van der Waals surface area (Å²) in [7, 11) is 0. The van der Waals surface area contributed by atoms with E-state index in [-0.39, 0.29) is 5.56 Å². The van der Waals surface area contributed by atoms with Crippen LogP contribution in [0.5, 0.6) is 0 Å². The molecule has 0 N–H and O–H groups in total. The van der Waals surface area contributed by atoms with E-state index in [1.165, 1.54) is 39.4 Å². The maximum Gasteiger partial charge on any atom is 0.416 e. The van der Waals surface area contributed by atoms with Gasteiger partial charge in [-0.2, -0.15) is 23.7 Å². The minimum Gasteiger partial charge on any atom is -0.308 e. The molecule has 310 valence electrons. The second kappa shape index (κ2) is 14.9. The van der Waals surface area contributed by atoms with Crippen molar-refractivity contribution in [3.63, 3.8) is 0 Å². The highest BCUT2D eigenvalue weighted by atomic mass is 19.4. The van der Waals surface area contributed by atoms with E-state index in [1.54, 1.807) is 12.1 Å². The van der Waals surface area contributed by atoms with Crippen molar-refractivity contribution in [1.29, 1.82) is 10.5 Å². The number of hydrogen-bond acceptors (Lipinski definition) is 2. The van der Waals surface area contributed by atoms with Gasteiger partial charge in [0, 0.05) is 32.7 Å². The number of aryl methyl sites for hydroxylation is 6. The zero-order chi connectivity index (χ0) is 44.8. The van der Waals surface area contributed by atoms with Crippen LogP contribution in [0, 0.1) is 64.2 Å². The first-order valence-electron chi connectivity index (χ1n) is 21.2. The Morgan fingerprint density at radius 2 is 0.875 bits per heavy atom. The first-order valence-corrected chi connectivity index (χ1v) is 21.2. The predicted molar refractivity (Wildman–Crippen MR) is 254 cm³/mol. The summed E-state index contributed by atoms with van der Waals surface area (Å²) >= 11 is 0. The molecule has 0 aliphatic rings. The number of nitrogens with zero attached hydrogens (tertiary/aromatic N) is 4. The van der Waals surface area contributed by atoms with Crippen molar-refractivity contribution in [2.24, 2.45) is 0 Å². The summed E-state index contributed by atoms with van der Waals surface area (Å²) in [5, 5.41) is 25.4. The number of para-hydroxylation sites is 2. The molecule has 0 radical (unpaired) electrons. The van der Waals surface area contributed by atoms with Crippen LogP contribution >= 0.6 is 0 Å². The lowest BCUT2D eigenvalue weighted by molar-refractivity contribution is -0.137. The van der Waals surface area contributed by atoms with Crippen LogP contribution in [0.25, 0.3) is 88.4 Å². The molecule has 2 heterocycles. The van der Waals surface area contributed by atoms with Gasteiger partial charge >= 0.3 is 6.18 Å². The summed E-state index contributed by atoms with van der Waals surface area (Å²) in [4.78, 5) is 0. The monoisotopic (exact) mass is 838 g/mol. The highest BCUT2D eigenvalue weighted by Crippen LogP contribution is 2.46. The van der Waals surface area contributed by atoms with Crippen LogP contribution in [0.1, 0.15) is 50.1 Å². The van der Waals surface area contributed by atoms with Crippen molar-refractivity contribution in [3.8, 4) is 56.9 Å². The molecule has 2 aromatic heterocycles. The van der Waals surface area contributed by atoms with E-state index in [4.69, 9.17) is 0 Å². The highest BCUT2D eigenvalue weighted by Gasteiger charge is 2.32. The molecule has 0 saturated heterocycles. The van der Waals surface area contributed by atoms with Crippen molar-refractivity contribution < 1.29 is 13.2 Å². The summed E-state index contributed by atoms with van der Waals surface area (Å²) in [6.07, 6.45) is -4.67. The number of benzene rings is 8. The molecule has 4 nitrogen and oxygen atoms in total. The van der Waals surface area contributed by atoms with Crippen molar-refractivity contribution in [1.82, 2.24) is 9.13 Å². The molecule has 0 aliphatic carbocycles. The fourth-order valence-corrected chi connectivity index (χ4v) is 10.4. The smallest absolute Gasteiger partial charge is 0.308 e. The van der Waals surface area contributed by atoms with Crippen LogP contribution in [0.2, 0.25) is 0 Å². The largest absolute Gasteiger partial charge is 0.416 e. The van der Waals surface area contributed by atoms with E-state index in [9.17, 15) is 23.7 Å². The van der Waals surface area contributed by atoms with Gasteiger partial charge < -0.3 is 9.13 Å². The van der Waals surface area contributed by atoms with E-state index >= 15 is 0 Å². The molecule has 64 heavy (non-hydrogen) atoms. The fraction of sp³-hybridized carbons (Fsp3) is 0.123. The van der Waals surface area contributed by atoms with Gasteiger partial charge in [0.1, 0.15) is 0 Å². The molecule has 0 amide bonds. The second-order valence-electron chi connectivity index (χ2n) is 17.1. The molecule has 10 rings (SSSR count). The van der Waals surface area contributed by atoms with Gasteiger partial charge in [0.2, 0.25) is 0 Å². The van der Waals surface area contributed by atoms with Gasteiger partial charge in [0.15, 0.2) is 0 Å². The van der Waals surface area contributed by atoms with Crippen molar-refractivity contribution in [2.45, 2.75) is 47.7 Å². The van der Waals surface area contributed by atoms with E-state index in [0.29, 0.717) is 28.1 Å². The lowest BCUT2D eigenvalue weighted by atomic mass is 9.92. The number of rotatable bonds is 5. The lowest BCUT2D eigenvalue weighted by Crippen LogP contribution is -2.08. The Balaban J connectivity index is 1.34. The van der Waals surface area contributed by atoms with Crippen LogP contribution in [0.15, 0.2) is 140 Å². The fourth-order valence-electron chi connectivity index (χ4n) is 10.4. The van der Waals surface area contributed by atoms with E-state index in [2.05, 4.69) is 136 Å². The third-order valence-electron chi connectivity index (χ3n) is 12.7. The van der Waals surface area contributed by atoms with Crippen LogP contribution in [0.3, 0.4) is 0 Å². The normalized spacial score (nSPS) is 11.8. The number of aromatic nitrogens is 2. The highest BCUT2D eigenvalue weighted by molar-refractivity contribution is 6.13. The molecule has 0 saturated carbocycles. The molecule has 0 spiro atoms. The average Bonchev–Trinajstić information content (AvgIpc) is 3.77. The Morgan fingerprint density at radius 1 is 0.438 bits per heavy atom. The quantitative estimate of drug-likeness (QED) is 0.173. The molecule has 10 aromatic rings. The third-order valence-corrected chi connectivity index (χ3v) is 12.7. The van der Waals surface area contributed by atoms with Gasteiger partial charge in [-0.05, 0) is 147 Å². The summed E-state index contributed by atoms with van der Waals surface area (Å²) < 4.78 is 47.2. The Kier molecular flexibility index (Phi) is 9.36. The van der Waals surface area contributed by atoms with Gasteiger partial charge in [-0.1, -0.05) is 90.0 Å². The van der Waals surface area contributed by atoms with Crippen molar-refractivity contribution in [3.05, 3.63) is 190 Å². The molecular weight excluding hydrogens is 798 g/mol. The number of fused-ring (bicyclic) bond motifs is 6. The van der Waals surface area contributed by atoms with Gasteiger partial charge in [0.25, 0.3) is 0 Å². The van der Waals surface area contributed by atoms with Crippen LogP contribution in [0.4, 0.5) is 13.2 Å². The standard InChI is InChI=1S/C57H41F3N4/c1-32-21-34(3)54(35(4)22-32)39-15-19-50-46(28-39)44-11-7-9-13-48(44)63(50)52-25-38(30-61)26-53(56(52)43-18-17-42(57(58,59)60)27-41(43)31-62)64-49-14-10-8-12-45(49)47-29-40(16-20-51(47)64)55-36(5)23-33(2)24-37(55)6/h7-29H,1-6H3. The average molecular weight is 839 g/mol. The Hall–Kier alpha value is -7.87. The van der Waals surface area contributed by atoms with Gasteiger partial charge in [-0.3, -0.25) is 0 Å². The molecule has 0 bridgehead atoms. The maximum absolute atomic E-state index is 14.3. The topological polar surface area (TPSA) is 57.4 Å². The molecule has 0 aliphatic heterocycles. The second-order valence-corrected chi connectivity index (χ2v) is 17.1. The minimum atomic E-state index is -4.67. The molecule has 0 fully saturated rings. The predicted octanol–water partition coefficient (Wildman–Crippen LogP) is 15.5. The van der Waals surface area contributed by atoms with Crippen LogP contribution in [-0.2, 0) is 6.18 Å². The Labute approximate surface area is 369 Å². The van der Waals surface area contributed by atoms with Gasteiger partial charge in [-0.15, -0.1) is 0 Å². The Bertz CT molecular complexity index is 3450. The third kappa shape index (κ3) is 6.35. The van der Waals surface area contributed by atoms with Gasteiger partial charge in [0.05, 0.1) is 62.3 Å². The van der Waals surface area contributed by atoms with Crippen LogP contribution < -0.4 is 0 Å². The lowest BCUT2D eigenvalue weighted by Gasteiger charge is -2.22. The molecule has 0 unspecified atom stereocenters. The van der Waals surface area contributed by atoms with E-state index in [1.807, 2.05) is 36.4 Å². The van der Waals surface area contributed by atoms with E-state index in [0.717, 1.165) is 78.0 Å². The molecule has 0 atom stereocenters. The van der Waals surface area contributed by atoms with Crippen molar-refractivity contribution >= 4 is 43.6 Å². The Morgan fingerprint density at radius 3 is 1.30 bits per heavy atom. The number of alkyl halides is 3. The SMILES string of the molecule is Cc1cc(C)c(-c2ccc3c(c2)c2ccccc2n3-c2cc(C#N)cc(-n3c4ccccc4c4cc(-c5c(C)cc(C)cc5C)ccc43)c2-c2ccc(C(F)(F)F)cc2C#N)c(C)c1. The zero-order valence-electron chi connectivity index (χ0n) is 36.2. The zero-order valence-corrected chi connectivity index (χ0v) is 36.2. The van der Waals surface area contributed by atoms with Crippen molar-refractivity contribution in [2.75, 3.05) is 0 Å². The first-order chi connectivity index (χ1) is 30.7. The number of nitriles is 2. The molecular formula is C57H41F3N4. The van der Waals surface area contributed by atoms with E-state index < -0.39 is 11.7 Å². The molecule has 8 aromatic carbocycles. The van der Waals surface area contributed by atoms with Crippen LogP contribution in [-0.4, -0.2) is 9.13 Å². The summed E-state index contributed by atoms with van der Waals surface area (Å²) in [5.74, 6) is 0. The summed E-state index contributed by atoms with van der Waals surface area (Å²) in [6, 6.07) is 49.1. The number of halogens is 3. The molecule has 7 heteroatoms. The summed E-state index contributed by atoms with van der Waals surface area (Å²) in [6.45, 7) is 12.7. The van der Waals surface area contributed by atoms with Gasteiger partial charge in [-0.25, -0.2) is 0 Å². The minimum absolute atomic E-state index is 0.135. The number of hydrogen-bond donors (Lipinski definition) is 0.